The molecule has 0 saturated heterocycles. The maximum absolute atomic E-state index is 9.53. The number of ether oxygens (including phenoxy) is 1. The summed E-state index contributed by atoms with van der Waals surface area (Å²) in [5.74, 6) is 1.60. The van der Waals surface area contributed by atoms with Gasteiger partial charge in [-0.15, -0.1) is 0 Å². The summed E-state index contributed by atoms with van der Waals surface area (Å²) in [5, 5.41) is 9.53. The number of hydrogen-bond donors (Lipinski definition) is 1. The number of rotatable bonds is 6. The highest BCUT2D eigenvalue weighted by molar-refractivity contribution is 5.75. The smallest absolute Gasteiger partial charge is 0.135 e. The lowest BCUT2D eigenvalue weighted by Gasteiger charge is -2.19. The molecule has 1 aromatic heterocycles. The van der Waals surface area contributed by atoms with Gasteiger partial charge in [-0.25, -0.2) is 4.98 Å². The van der Waals surface area contributed by atoms with Crippen LogP contribution in [-0.4, -0.2) is 21.3 Å². The van der Waals surface area contributed by atoms with E-state index in [9.17, 15) is 5.11 Å². The minimum absolute atomic E-state index is 0.0518. The van der Waals surface area contributed by atoms with Gasteiger partial charge >= 0.3 is 0 Å². The molecule has 0 fully saturated rings. The lowest BCUT2D eigenvalue weighted by atomic mass is 9.87. The van der Waals surface area contributed by atoms with Crippen LogP contribution in [0.1, 0.15) is 38.6 Å². The van der Waals surface area contributed by atoms with Gasteiger partial charge in [-0.3, -0.25) is 0 Å². The Morgan fingerprint density at radius 1 is 1.04 bits per heavy atom. The number of para-hydroxylation sites is 2. The van der Waals surface area contributed by atoms with Gasteiger partial charge in [-0.05, 0) is 41.7 Å². The monoisotopic (exact) mass is 338 g/mol. The number of hydrogen-bond acceptors (Lipinski definition) is 3. The Kier molecular flexibility index (Phi) is 5.09. The van der Waals surface area contributed by atoms with Crippen molar-refractivity contribution in [3.63, 3.8) is 0 Å². The van der Waals surface area contributed by atoms with Gasteiger partial charge in [-0.2, -0.15) is 0 Å². The summed E-state index contributed by atoms with van der Waals surface area (Å²) in [4.78, 5) is 4.47. The van der Waals surface area contributed by atoms with Gasteiger partial charge in [0.1, 0.15) is 18.2 Å². The quantitative estimate of drug-likeness (QED) is 0.682. The van der Waals surface area contributed by atoms with Crippen molar-refractivity contribution in [2.24, 2.45) is 0 Å². The minimum atomic E-state index is -0.0518. The molecule has 0 aliphatic heterocycles. The predicted octanol–water partition coefficient (Wildman–Crippen LogP) is 4.30. The van der Waals surface area contributed by atoms with Crippen LogP contribution in [0, 0.1) is 0 Å². The molecule has 4 nitrogen and oxygen atoms in total. The second-order valence-corrected chi connectivity index (χ2v) is 7.30. The molecule has 3 rings (SSSR count). The molecule has 0 aliphatic carbocycles. The van der Waals surface area contributed by atoms with E-state index in [1.54, 1.807) is 0 Å². The Morgan fingerprint density at radius 2 is 1.76 bits per heavy atom. The topological polar surface area (TPSA) is 47.3 Å². The van der Waals surface area contributed by atoms with E-state index in [1.807, 2.05) is 36.4 Å². The first-order valence-corrected chi connectivity index (χ1v) is 8.77. The van der Waals surface area contributed by atoms with Crippen LogP contribution in [0.4, 0.5) is 0 Å². The molecule has 0 radical (unpaired) electrons. The Hall–Kier alpha value is -2.33. The van der Waals surface area contributed by atoms with Gasteiger partial charge in [0.15, 0.2) is 0 Å². The van der Waals surface area contributed by atoms with E-state index in [0.29, 0.717) is 12.4 Å². The van der Waals surface area contributed by atoms with Crippen LogP contribution in [0.2, 0.25) is 0 Å². The summed E-state index contributed by atoms with van der Waals surface area (Å²) in [6.07, 6.45) is 0.856. The van der Waals surface area contributed by atoms with Crippen LogP contribution in [-0.2, 0) is 18.6 Å². The SMILES string of the molecule is CC(C)(C)c1ccc(OCCCn2c(CO)nc3ccccc32)cc1. The van der Waals surface area contributed by atoms with Gasteiger partial charge in [-0.1, -0.05) is 45.0 Å². The lowest BCUT2D eigenvalue weighted by Crippen LogP contribution is -2.11. The second kappa shape index (κ2) is 7.28. The zero-order valence-corrected chi connectivity index (χ0v) is 15.2. The number of aliphatic hydroxyl groups is 1. The maximum Gasteiger partial charge on any atom is 0.135 e. The summed E-state index contributed by atoms with van der Waals surface area (Å²) < 4.78 is 7.93. The Balaban J connectivity index is 1.59. The van der Waals surface area contributed by atoms with Crippen molar-refractivity contribution in [2.45, 2.75) is 45.8 Å². The van der Waals surface area contributed by atoms with Gasteiger partial charge < -0.3 is 14.4 Å². The van der Waals surface area contributed by atoms with E-state index in [2.05, 4.69) is 42.5 Å². The first-order chi connectivity index (χ1) is 12.0. The van der Waals surface area contributed by atoms with E-state index >= 15 is 0 Å². The maximum atomic E-state index is 9.53. The third-order valence-corrected chi connectivity index (χ3v) is 4.39. The summed E-state index contributed by atoms with van der Waals surface area (Å²) in [6.45, 7) is 7.97. The molecule has 0 atom stereocenters. The van der Waals surface area contributed by atoms with Gasteiger partial charge in [0.2, 0.25) is 0 Å². The molecule has 0 unspecified atom stereocenters. The van der Waals surface area contributed by atoms with Crippen LogP contribution < -0.4 is 4.74 Å². The highest BCUT2D eigenvalue weighted by Crippen LogP contribution is 2.24. The summed E-state index contributed by atoms with van der Waals surface area (Å²) in [7, 11) is 0. The van der Waals surface area contributed by atoms with Crippen LogP contribution in [0.5, 0.6) is 5.75 Å². The van der Waals surface area contributed by atoms with Crippen LogP contribution in [0.15, 0.2) is 48.5 Å². The highest BCUT2D eigenvalue weighted by atomic mass is 16.5. The molecule has 2 aromatic carbocycles. The second-order valence-electron chi connectivity index (χ2n) is 7.30. The molecule has 25 heavy (non-hydrogen) atoms. The largest absolute Gasteiger partial charge is 0.494 e. The van der Waals surface area contributed by atoms with Crippen molar-refractivity contribution in [1.82, 2.24) is 9.55 Å². The zero-order chi connectivity index (χ0) is 17.9. The zero-order valence-electron chi connectivity index (χ0n) is 15.2. The number of fused-ring (bicyclic) bond motifs is 1. The van der Waals surface area contributed by atoms with Crippen LogP contribution >= 0.6 is 0 Å². The summed E-state index contributed by atoms with van der Waals surface area (Å²) in [6, 6.07) is 16.3. The lowest BCUT2D eigenvalue weighted by molar-refractivity contribution is 0.261. The molecule has 0 amide bonds. The molecule has 3 aromatic rings. The third-order valence-electron chi connectivity index (χ3n) is 4.39. The number of aryl methyl sites for hydroxylation is 1. The molecule has 4 heteroatoms. The van der Waals surface area contributed by atoms with E-state index < -0.39 is 0 Å². The highest BCUT2D eigenvalue weighted by Gasteiger charge is 2.13. The van der Waals surface area contributed by atoms with Crippen molar-refractivity contribution in [3.8, 4) is 5.75 Å². The van der Waals surface area contributed by atoms with Crippen LogP contribution in [0.25, 0.3) is 11.0 Å². The number of aromatic nitrogens is 2. The van der Waals surface area contributed by atoms with Crippen molar-refractivity contribution < 1.29 is 9.84 Å². The number of aliphatic hydroxyl groups excluding tert-OH is 1. The van der Waals surface area contributed by atoms with Crippen molar-refractivity contribution in [1.29, 1.82) is 0 Å². The van der Waals surface area contributed by atoms with Crippen LogP contribution in [0.3, 0.4) is 0 Å². The molecule has 132 valence electrons. The van der Waals surface area contributed by atoms with E-state index in [4.69, 9.17) is 4.74 Å². The van der Waals surface area contributed by atoms with Gasteiger partial charge in [0.05, 0.1) is 17.6 Å². The average Bonchev–Trinajstić information content (AvgIpc) is 2.96. The van der Waals surface area contributed by atoms with E-state index in [-0.39, 0.29) is 12.0 Å². The molecular weight excluding hydrogens is 312 g/mol. The molecular formula is C21H26N2O2. The fourth-order valence-electron chi connectivity index (χ4n) is 2.96. The van der Waals surface area contributed by atoms with Crippen molar-refractivity contribution in [3.05, 3.63) is 59.9 Å². The first-order valence-electron chi connectivity index (χ1n) is 8.77. The molecule has 0 aliphatic rings. The van der Waals surface area contributed by atoms with Gasteiger partial charge in [0.25, 0.3) is 0 Å². The molecule has 1 N–H and O–H groups in total. The Morgan fingerprint density at radius 3 is 2.44 bits per heavy atom. The number of nitrogens with zero attached hydrogens (tertiary/aromatic N) is 2. The predicted molar refractivity (Wildman–Crippen MR) is 101 cm³/mol. The van der Waals surface area contributed by atoms with E-state index in [0.717, 1.165) is 29.7 Å². The van der Waals surface area contributed by atoms with Crippen molar-refractivity contribution >= 4 is 11.0 Å². The van der Waals surface area contributed by atoms with E-state index in [1.165, 1.54) is 5.56 Å². The average molecular weight is 338 g/mol. The standard InChI is InChI=1S/C21H26N2O2/c1-21(2,3)16-9-11-17(12-10-16)25-14-6-13-23-19-8-5-4-7-18(19)22-20(23)15-24/h4-5,7-12,24H,6,13-15H2,1-3H3. The number of imidazole rings is 1. The number of benzene rings is 2. The third kappa shape index (κ3) is 4.02. The molecule has 0 spiro atoms. The molecule has 0 saturated carbocycles. The normalized spacial score (nSPS) is 11.8. The fourth-order valence-corrected chi connectivity index (χ4v) is 2.96. The summed E-state index contributed by atoms with van der Waals surface area (Å²) in [5.41, 5.74) is 3.44. The minimum Gasteiger partial charge on any atom is -0.494 e. The fraction of sp³-hybridized carbons (Fsp3) is 0.381. The first kappa shape index (κ1) is 17.5. The summed E-state index contributed by atoms with van der Waals surface area (Å²) >= 11 is 0. The Labute approximate surface area is 149 Å². The molecule has 0 bridgehead atoms. The van der Waals surface area contributed by atoms with Crippen molar-refractivity contribution in [2.75, 3.05) is 6.61 Å². The molecule has 1 heterocycles. The Bertz CT molecular complexity index is 829. The van der Waals surface area contributed by atoms with Gasteiger partial charge in [0, 0.05) is 6.54 Å².